The molecule has 0 heterocycles. The second kappa shape index (κ2) is 7.02. The van der Waals surface area contributed by atoms with E-state index in [0.717, 1.165) is 5.56 Å². The normalized spacial score (nSPS) is 10.6. The largest absolute Gasteiger partial charge is 0.399 e. The number of hydrogen-bond donors (Lipinski definition) is 3. The van der Waals surface area contributed by atoms with Crippen molar-refractivity contribution in [3.63, 3.8) is 0 Å². The lowest BCUT2D eigenvalue weighted by Gasteiger charge is -2.07. The van der Waals surface area contributed by atoms with Crippen LogP contribution in [0.2, 0.25) is 10.0 Å². The van der Waals surface area contributed by atoms with Gasteiger partial charge in [-0.25, -0.2) is 4.79 Å². The van der Waals surface area contributed by atoms with Gasteiger partial charge in [-0.05, 0) is 42.0 Å². The summed E-state index contributed by atoms with van der Waals surface area (Å²) in [4.78, 5) is 11.7. The molecule has 4 N–H and O–H groups in total. The molecule has 6 heteroatoms. The molecule has 0 fully saturated rings. The van der Waals surface area contributed by atoms with Gasteiger partial charge in [0.05, 0.1) is 10.7 Å². The lowest BCUT2D eigenvalue weighted by Crippen LogP contribution is -2.23. The SMILES string of the molecule is Nc1ccc(NC(=O)N/C=C/c2ccc(Cl)cc2)c(Cl)c1. The van der Waals surface area contributed by atoms with Gasteiger partial charge in [-0.3, -0.25) is 0 Å². The standard InChI is InChI=1S/C15H13Cl2N3O/c16-11-3-1-10(2-4-11)7-8-19-15(21)20-14-6-5-12(18)9-13(14)17/h1-9H,18H2,(H2,19,20,21)/b8-7+. The minimum Gasteiger partial charge on any atom is -0.399 e. The number of rotatable bonds is 3. The molecule has 2 rings (SSSR count). The second-order valence-corrected chi connectivity index (χ2v) is 5.07. The van der Waals surface area contributed by atoms with Gasteiger partial charge in [0.15, 0.2) is 0 Å². The van der Waals surface area contributed by atoms with E-state index in [1.54, 1.807) is 36.4 Å². The van der Waals surface area contributed by atoms with Crippen molar-refractivity contribution in [1.29, 1.82) is 0 Å². The van der Waals surface area contributed by atoms with E-state index in [-0.39, 0.29) is 0 Å². The first kappa shape index (κ1) is 15.2. The quantitative estimate of drug-likeness (QED) is 0.735. The Morgan fingerprint density at radius 3 is 2.48 bits per heavy atom. The van der Waals surface area contributed by atoms with Crippen molar-refractivity contribution in [1.82, 2.24) is 5.32 Å². The molecule has 0 radical (unpaired) electrons. The average molecular weight is 322 g/mol. The maximum absolute atomic E-state index is 11.7. The van der Waals surface area contributed by atoms with Crippen LogP contribution in [0, 0.1) is 0 Å². The van der Waals surface area contributed by atoms with Crippen LogP contribution in [-0.4, -0.2) is 6.03 Å². The van der Waals surface area contributed by atoms with Gasteiger partial charge in [-0.1, -0.05) is 35.3 Å². The van der Waals surface area contributed by atoms with Crippen molar-refractivity contribution in [2.75, 3.05) is 11.1 Å². The summed E-state index contributed by atoms with van der Waals surface area (Å²) in [5, 5.41) is 6.25. The first-order valence-corrected chi connectivity index (χ1v) is 6.85. The van der Waals surface area contributed by atoms with Gasteiger partial charge in [0, 0.05) is 16.9 Å². The minimum absolute atomic E-state index is 0.381. The van der Waals surface area contributed by atoms with Crippen LogP contribution < -0.4 is 16.4 Å². The molecule has 21 heavy (non-hydrogen) atoms. The molecule has 0 unspecified atom stereocenters. The molecule has 0 aliphatic carbocycles. The Balaban J connectivity index is 1.91. The summed E-state index contributed by atoms with van der Waals surface area (Å²) >= 11 is 11.8. The number of hydrogen-bond acceptors (Lipinski definition) is 2. The molecule has 0 saturated heterocycles. The van der Waals surface area contributed by atoms with Crippen molar-refractivity contribution in [3.05, 3.63) is 64.3 Å². The van der Waals surface area contributed by atoms with Crippen LogP contribution in [0.1, 0.15) is 5.56 Å². The summed E-state index contributed by atoms with van der Waals surface area (Å²) < 4.78 is 0. The number of halogens is 2. The first-order chi connectivity index (χ1) is 10.0. The molecule has 2 aromatic rings. The molecule has 0 aliphatic rings. The number of nitrogen functional groups attached to an aromatic ring is 1. The van der Waals surface area contributed by atoms with E-state index >= 15 is 0 Å². The van der Waals surface area contributed by atoms with E-state index in [9.17, 15) is 4.79 Å². The molecular formula is C15H13Cl2N3O. The summed E-state index contributed by atoms with van der Waals surface area (Å²) in [5.74, 6) is 0. The molecule has 0 spiro atoms. The molecule has 0 saturated carbocycles. The zero-order valence-electron chi connectivity index (χ0n) is 10.9. The summed E-state index contributed by atoms with van der Waals surface area (Å²) in [6.45, 7) is 0. The molecule has 0 bridgehead atoms. The van der Waals surface area contributed by atoms with Crippen LogP contribution >= 0.6 is 23.2 Å². The van der Waals surface area contributed by atoms with Crippen LogP contribution in [0.4, 0.5) is 16.2 Å². The van der Waals surface area contributed by atoms with Gasteiger partial charge < -0.3 is 16.4 Å². The van der Waals surface area contributed by atoms with Gasteiger partial charge in [0.2, 0.25) is 0 Å². The zero-order chi connectivity index (χ0) is 15.2. The highest BCUT2D eigenvalue weighted by Gasteiger charge is 2.04. The smallest absolute Gasteiger partial charge is 0.323 e. The van der Waals surface area contributed by atoms with E-state index in [2.05, 4.69) is 10.6 Å². The van der Waals surface area contributed by atoms with Gasteiger partial charge in [0.25, 0.3) is 0 Å². The molecular weight excluding hydrogens is 309 g/mol. The van der Waals surface area contributed by atoms with Crippen LogP contribution in [0.5, 0.6) is 0 Å². The summed E-state index contributed by atoms with van der Waals surface area (Å²) in [5.41, 5.74) is 7.53. The number of nitrogens with two attached hydrogens (primary N) is 1. The average Bonchev–Trinajstić information content (AvgIpc) is 2.44. The monoisotopic (exact) mass is 321 g/mol. The van der Waals surface area contributed by atoms with Crippen LogP contribution in [0.15, 0.2) is 48.7 Å². The topological polar surface area (TPSA) is 67.1 Å². The van der Waals surface area contributed by atoms with Gasteiger partial charge in [-0.15, -0.1) is 0 Å². The third-order valence-corrected chi connectivity index (χ3v) is 3.17. The Morgan fingerprint density at radius 2 is 1.81 bits per heavy atom. The zero-order valence-corrected chi connectivity index (χ0v) is 12.4. The molecule has 108 valence electrons. The lowest BCUT2D eigenvalue weighted by molar-refractivity contribution is 0.255. The predicted molar refractivity (Wildman–Crippen MR) is 88.5 cm³/mol. The summed E-state index contributed by atoms with van der Waals surface area (Å²) in [7, 11) is 0. The number of carbonyl (C=O) groups excluding carboxylic acids is 1. The fourth-order valence-electron chi connectivity index (χ4n) is 1.58. The highest BCUT2D eigenvalue weighted by Crippen LogP contribution is 2.23. The molecule has 2 aromatic carbocycles. The fraction of sp³-hybridized carbons (Fsp3) is 0. The van der Waals surface area contributed by atoms with Crippen LogP contribution in [0.3, 0.4) is 0 Å². The van der Waals surface area contributed by atoms with E-state index < -0.39 is 6.03 Å². The van der Waals surface area contributed by atoms with Crippen LogP contribution in [0.25, 0.3) is 6.08 Å². The number of nitrogens with one attached hydrogen (secondary N) is 2. The number of anilines is 2. The maximum Gasteiger partial charge on any atom is 0.323 e. The molecule has 0 aliphatic heterocycles. The lowest BCUT2D eigenvalue weighted by atomic mass is 10.2. The fourth-order valence-corrected chi connectivity index (χ4v) is 1.94. The number of urea groups is 1. The third kappa shape index (κ3) is 4.70. The molecule has 0 atom stereocenters. The van der Waals surface area contributed by atoms with Crippen molar-refractivity contribution < 1.29 is 4.79 Å². The van der Waals surface area contributed by atoms with E-state index in [4.69, 9.17) is 28.9 Å². The Morgan fingerprint density at radius 1 is 1.10 bits per heavy atom. The van der Waals surface area contributed by atoms with Gasteiger partial charge in [0.1, 0.15) is 0 Å². The highest BCUT2D eigenvalue weighted by atomic mass is 35.5. The third-order valence-electron chi connectivity index (χ3n) is 2.60. The number of benzene rings is 2. The van der Waals surface area contributed by atoms with E-state index in [0.29, 0.717) is 21.4 Å². The van der Waals surface area contributed by atoms with E-state index in [1.807, 2.05) is 12.1 Å². The van der Waals surface area contributed by atoms with Crippen molar-refractivity contribution in [2.24, 2.45) is 0 Å². The predicted octanol–water partition coefficient (Wildman–Crippen LogP) is 4.37. The van der Waals surface area contributed by atoms with Gasteiger partial charge >= 0.3 is 6.03 Å². The van der Waals surface area contributed by atoms with Crippen LogP contribution in [-0.2, 0) is 0 Å². The second-order valence-electron chi connectivity index (χ2n) is 4.22. The Kier molecular flexibility index (Phi) is 5.09. The molecule has 4 nitrogen and oxygen atoms in total. The summed E-state index contributed by atoms with van der Waals surface area (Å²) in [6, 6.07) is 11.7. The highest BCUT2D eigenvalue weighted by molar-refractivity contribution is 6.34. The maximum atomic E-state index is 11.7. The molecule has 2 amide bonds. The number of amides is 2. The van der Waals surface area contributed by atoms with Crippen molar-refractivity contribution in [2.45, 2.75) is 0 Å². The Bertz CT molecular complexity index is 669. The minimum atomic E-state index is -0.396. The first-order valence-electron chi connectivity index (χ1n) is 6.09. The van der Waals surface area contributed by atoms with E-state index in [1.165, 1.54) is 6.20 Å². The van der Waals surface area contributed by atoms with Crippen molar-refractivity contribution in [3.8, 4) is 0 Å². The molecule has 0 aromatic heterocycles. The summed E-state index contributed by atoms with van der Waals surface area (Å²) in [6.07, 6.45) is 3.28. The van der Waals surface area contributed by atoms with Crippen molar-refractivity contribution >= 4 is 46.7 Å². The Labute approximate surface area is 132 Å². The Hall–Kier alpha value is -2.17. The number of carbonyl (C=O) groups is 1. The van der Waals surface area contributed by atoms with Gasteiger partial charge in [-0.2, -0.15) is 0 Å².